The van der Waals surface area contributed by atoms with Crippen molar-refractivity contribution in [3.8, 4) is 0 Å². The first-order chi connectivity index (χ1) is 8.36. The van der Waals surface area contributed by atoms with Gasteiger partial charge in [0.15, 0.2) is 0 Å². The summed E-state index contributed by atoms with van der Waals surface area (Å²) in [6, 6.07) is 1.01. The Balaban J connectivity index is 2.04. The molecule has 102 valence electrons. The summed E-state index contributed by atoms with van der Waals surface area (Å²) in [6.07, 6.45) is 0. The molecule has 18 heavy (non-hydrogen) atoms. The lowest BCUT2D eigenvalue weighted by Gasteiger charge is -2.43. The summed E-state index contributed by atoms with van der Waals surface area (Å²) in [7, 11) is 0. The molecule has 1 fully saturated rings. The number of thiazole rings is 1. The van der Waals surface area contributed by atoms with Crippen molar-refractivity contribution in [3.63, 3.8) is 0 Å². The maximum atomic E-state index is 11.2. The standard InChI is InChI=1S/C13H23N3OS/c1-9-5-14-11(13(2,3)4)7-16(9)6-10-8-18-12(17)15-10/h8-9,11,14H,5-7H2,1-4H3,(H,15,17). The van der Waals surface area contributed by atoms with Gasteiger partial charge in [-0.2, -0.15) is 0 Å². The third-order valence-electron chi connectivity index (χ3n) is 3.69. The Hall–Kier alpha value is -0.650. The number of aromatic nitrogens is 1. The Morgan fingerprint density at radius 3 is 2.78 bits per heavy atom. The van der Waals surface area contributed by atoms with Gasteiger partial charge in [0.25, 0.3) is 0 Å². The van der Waals surface area contributed by atoms with E-state index >= 15 is 0 Å². The molecule has 0 saturated carbocycles. The third kappa shape index (κ3) is 3.22. The summed E-state index contributed by atoms with van der Waals surface area (Å²) in [6.45, 7) is 11.9. The fourth-order valence-electron chi connectivity index (χ4n) is 2.33. The SMILES string of the molecule is CC1CNC(C(C)(C)C)CN1Cc1csc(=O)[nH]1. The highest BCUT2D eigenvalue weighted by Gasteiger charge is 2.32. The van der Waals surface area contributed by atoms with Crippen molar-refractivity contribution >= 4 is 11.3 Å². The van der Waals surface area contributed by atoms with Crippen LogP contribution in [-0.4, -0.2) is 35.1 Å². The Morgan fingerprint density at radius 2 is 2.22 bits per heavy atom. The minimum Gasteiger partial charge on any atom is -0.315 e. The molecule has 5 heteroatoms. The molecule has 2 rings (SSSR count). The smallest absolute Gasteiger partial charge is 0.304 e. The van der Waals surface area contributed by atoms with Crippen LogP contribution in [0.25, 0.3) is 0 Å². The maximum absolute atomic E-state index is 11.2. The van der Waals surface area contributed by atoms with Gasteiger partial charge in [-0.25, -0.2) is 0 Å². The lowest BCUT2D eigenvalue weighted by molar-refractivity contribution is 0.0868. The molecule has 0 spiro atoms. The molecular weight excluding hydrogens is 246 g/mol. The van der Waals surface area contributed by atoms with Crippen molar-refractivity contribution < 1.29 is 0 Å². The topological polar surface area (TPSA) is 48.1 Å². The van der Waals surface area contributed by atoms with Crippen LogP contribution in [-0.2, 0) is 6.54 Å². The predicted molar refractivity (Wildman–Crippen MR) is 76.1 cm³/mol. The summed E-state index contributed by atoms with van der Waals surface area (Å²) in [5.41, 5.74) is 1.30. The molecule has 0 amide bonds. The largest absolute Gasteiger partial charge is 0.315 e. The number of aromatic amines is 1. The number of H-pyrrole nitrogens is 1. The van der Waals surface area contributed by atoms with Gasteiger partial charge in [-0.3, -0.25) is 9.69 Å². The van der Waals surface area contributed by atoms with Crippen LogP contribution < -0.4 is 10.2 Å². The molecule has 0 aromatic carbocycles. The highest BCUT2D eigenvalue weighted by atomic mass is 32.1. The highest BCUT2D eigenvalue weighted by Crippen LogP contribution is 2.24. The number of piperazine rings is 1. The molecule has 2 heterocycles. The third-order valence-corrected chi connectivity index (χ3v) is 4.41. The van der Waals surface area contributed by atoms with Gasteiger partial charge in [0.2, 0.25) is 0 Å². The quantitative estimate of drug-likeness (QED) is 0.858. The van der Waals surface area contributed by atoms with E-state index < -0.39 is 0 Å². The lowest BCUT2D eigenvalue weighted by Crippen LogP contribution is -2.59. The Morgan fingerprint density at radius 1 is 1.50 bits per heavy atom. The Kier molecular flexibility index (Phi) is 3.94. The number of hydrogen-bond donors (Lipinski definition) is 2. The van der Waals surface area contributed by atoms with Crippen LogP contribution >= 0.6 is 11.3 Å². The van der Waals surface area contributed by atoms with E-state index in [2.05, 4.69) is 42.9 Å². The molecule has 0 aliphatic carbocycles. The summed E-state index contributed by atoms with van der Waals surface area (Å²) >= 11 is 1.25. The lowest BCUT2D eigenvalue weighted by atomic mass is 9.85. The molecule has 1 saturated heterocycles. The van der Waals surface area contributed by atoms with E-state index in [-0.39, 0.29) is 10.3 Å². The van der Waals surface area contributed by atoms with Gasteiger partial charge >= 0.3 is 4.87 Å². The summed E-state index contributed by atoms with van der Waals surface area (Å²) in [4.78, 5) is 16.6. The molecule has 2 N–H and O–H groups in total. The van der Waals surface area contributed by atoms with Crippen LogP contribution in [0.4, 0.5) is 0 Å². The second-order valence-corrected chi connectivity index (χ2v) is 7.12. The Labute approximate surface area is 112 Å². The van der Waals surface area contributed by atoms with Crippen molar-refractivity contribution in [2.75, 3.05) is 13.1 Å². The van der Waals surface area contributed by atoms with E-state index in [0.29, 0.717) is 12.1 Å². The molecule has 1 aromatic rings. The van der Waals surface area contributed by atoms with E-state index in [4.69, 9.17) is 0 Å². The van der Waals surface area contributed by atoms with Gasteiger partial charge in [-0.15, -0.1) is 0 Å². The summed E-state index contributed by atoms with van der Waals surface area (Å²) in [5, 5.41) is 5.55. The van der Waals surface area contributed by atoms with Crippen LogP contribution in [0.1, 0.15) is 33.4 Å². The first-order valence-corrected chi connectivity index (χ1v) is 7.38. The van der Waals surface area contributed by atoms with Gasteiger partial charge in [0.05, 0.1) is 0 Å². The van der Waals surface area contributed by atoms with Gasteiger partial charge < -0.3 is 10.3 Å². The summed E-state index contributed by atoms with van der Waals surface area (Å²) < 4.78 is 0. The molecule has 4 nitrogen and oxygen atoms in total. The molecule has 2 unspecified atom stereocenters. The first kappa shape index (κ1) is 13.8. The van der Waals surface area contributed by atoms with E-state index in [0.717, 1.165) is 25.3 Å². The van der Waals surface area contributed by atoms with E-state index in [1.165, 1.54) is 11.3 Å². The van der Waals surface area contributed by atoms with Crippen molar-refractivity contribution in [1.29, 1.82) is 0 Å². The fourth-order valence-corrected chi connectivity index (χ4v) is 2.90. The molecular formula is C13H23N3OS. The van der Waals surface area contributed by atoms with Gasteiger partial charge in [-0.05, 0) is 12.3 Å². The number of nitrogens with zero attached hydrogens (tertiary/aromatic N) is 1. The normalized spacial score (nSPS) is 26.4. The van der Waals surface area contributed by atoms with Crippen LogP contribution in [0, 0.1) is 5.41 Å². The number of hydrogen-bond acceptors (Lipinski definition) is 4. The molecule has 0 bridgehead atoms. The number of nitrogens with one attached hydrogen (secondary N) is 2. The monoisotopic (exact) mass is 269 g/mol. The second kappa shape index (κ2) is 5.15. The van der Waals surface area contributed by atoms with Crippen molar-refractivity contribution in [2.45, 2.75) is 46.3 Å². The number of rotatable bonds is 2. The van der Waals surface area contributed by atoms with Gasteiger partial charge in [-0.1, -0.05) is 32.1 Å². The van der Waals surface area contributed by atoms with Crippen LogP contribution in [0.5, 0.6) is 0 Å². The van der Waals surface area contributed by atoms with E-state index in [1.54, 1.807) is 0 Å². The Bertz CT molecular complexity index is 446. The molecule has 0 radical (unpaired) electrons. The molecule has 2 atom stereocenters. The highest BCUT2D eigenvalue weighted by molar-refractivity contribution is 7.07. The zero-order valence-corrected chi connectivity index (χ0v) is 12.4. The molecule has 1 aliphatic rings. The summed E-state index contributed by atoms with van der Waals surface area (Å²) in [5.74, 6) is 0. The predicted octanol–water partition coefficient (Wildman–Crippen LogP) is 1.64. The van der Waals surface area contributed by atoms with E-state index in [9.17, 15) is 4.79 Å². The van der Waals surface area contributed by atoms with Crippen LogP contribution in [0.3, 0.4) is 0 Å². The molecule has 1 aromatic heterocycles. The molecule has 1 aliphatic heterocycles. The average Bonchev–Trinajstić information content (AvgIpc) is 2.66. The van der Waals surface area contributed by atoms with E-state index in [1.807, 2.05) is 5.38 Å². The maximum Gasteiger partial charge on any atom is 0.304 e. The minimum atomic E-state index is 0.0418. The van der Waals surface area contributed by atoms with Gasteiger partial charge in [0.1, 0.15) is 0 Å². The van der Waals surface area contributed by atoms with Crippen LogP contribution in [0.15, 0.2) is 10.2 Å². The van der Waals surface area contributed by atoms with Gasteiger partial charge in [0, 0.05) is 42.8 Å². The van der Waals surface area contributed by atoms with Crippen LogP contribution in [0.2, 0.25) is 0 Å². The zero-order chi connectivity index (χ0) is 13.3. The zero-order valence-electron chi connectivity index (χ0n) is 11.6. The second-order valence-electron chi connectivity index (χ2n) is 6.28. The fraction of sp³-hybridized carbons (Fsp3) is 0.769. The minimum absolute atomic E-state index is 0.0418. The van der Waals surface area contributed by atoms with Crippen molar-refractivity contribution in [2.24, 2.45) is 5.41 Å². The average molecular weight is 269 g/mol. The first-order valence-electron chi connectivity index (χ1n) is 6.50. The van der Waals surface area contributed by atoms with Crippen molar-refractivity contribution in [1.82, 2.24) is 15.2 Å². The van der Waals surface area contributed by atoms with Crippen molar-refractivity contribution in [3.05, 3.63) is 20.7 Å².